The van der Waals surface area contributed by atoms with E-state index in [0.717, 1.165) is 42.1 Å². The number of amides is 2. The number of urea groups is 1. The molecule has 2 heterocycles. The SMILES string of the molecule is C[C@H](CN1CCOCC1)NC(=O)NCc1ccc(Cl)s1. The Hall–Kier alpha value is -0.820. The first-order valence-electron chi connectivity index (χ1n) is 6.72. The third-order valence-corrected chi connectivity index (χ3v) is 4.30. The van der Waals surface area contributed by atoms with Crippen molar-refractivity contribution in [1.29, 1.82) is 0 Å². The molecule has 112 valence electrons. The van der Waals surface area contributed by atoms with Gasteiger partial charge in [0.15, 0.2) is 0 Å². The van der Waals surface area contributed by atoms with Crippen molar-refractivity contribution in [3.8, 4) is 0 Å². The zero-order valence-electron chi connectivity index (χ0n) is 11.5. The van der Waals surface area contributed by atoms with E-state index >= 15 is 0 Å². The highest BCUT2D eigenvalue weighted by molar-refractivity contribution is 7.16. The van der Waals surface area contributed by atoms with E-state index in [1.807, 2.05) is 19.1 Å². The number of ether oxygens (including phenoxy) is 1. The van der Waals surface area contributed by atoms with Gasteiger partial charge in [-0.1, -0.05) is 11.6 Å². The van der Waals surface area contributed by atoms with Gasteiger partial charge in [-0.25, -0.2) is 4.79 Å². The van der Waals surface area contributed by atoms with Crippen molar-refractivity contribution in [1.82, 2.24) is 15.5 Å². The zero-order chi connectivity index (χ0) is 14.4. The lowest BCUT2D eigenvalue weighted by molar-refractivity contribution is 0.0349. The van der Waals surface area contributed by atoms with Gasteiger partial charge in [0.25, 0.3) is 0 Å². The van der Waals surface area contributed by atoms with Gasteiger partial charge in [0.05, 0.1) is 24.1 Å². The number of hydrogen-bond acceptors (Lipinski definition) is 4. The summed E-state index contributed by atoms with van der Waals surface area (Å²) in [5.41, 5.74) is 0. The number of morpholine rings is 1. The van der Waals surface area contributed by atoms with Crippen molar-refractivity contribution in [2.24, 2.45) is 0 Å². The van der Waals surface area contributed by atoms with E-state index in [2.05, 4.69) is 15.5 Å². The topological polar surface area (TPSA) is 53.6 Å². The van der Waals surface area contributed by atoms with Crippen molar-refractivity contribution in [2.75, 3.05) is 32.8 Å². The Balaban J connectivity index is 1.65. The van der Waals surface area contributed by atoms with E-state index in [1.54, 1.807) is 0 Å². The van der Waals surface area contributed by atoms with Gasteiger partial charge in [-0.2, -0.15) is 0 Å². The van der Waals surface area contributed by atoms with Crippen LogP contribution in [0.2, 0.25) is 4.34 Å². The van der Waals surface area contributed by atoms with Gasteiger partial charge in [-0.05, 0) is 19.1 Å². The Morgan fingerprint density at radius 3 is 2.90 bits per heavy atom. The first-order chi connectivity index (χ1) is 9.63. The van der Waals surface area contributed by atoms with Crippen LogP contribution in [-0.4, -0.2) is 49.8 Å². The molecule has 0 saturated carbocycles. The van der Waals surface area contributed by atoms with Crippen LogP contribution in [0.25, 0.3) is 0 Å². The first kappa shape index (κ1) is 15.6. The van der Waals surface area contributed by atoms with Crippen LogP contribution < -0.4 is 10.6 Å². The van der Waals surface area contributed by atoms with E-state index in [9.17, 15) is 4.79 Å². The van der Waals surface area contributed by atoms with Crippen LogP contribution in [0.3, 0.4) is 0 Å². The highest BCUT2D eigenvalue weighted by Gasteiger charge is 2.15. The number of halogens is 1. The van der Waals surface area contributed by atoms with Crippen molar-refractivity contribution in [3.05, 3.63) is 21.3 Å². The highest BCUT2D eigenvalue weighted by Crippen LogP contribution is 2.20. The van der Waals surface area contributed by atoms with Crippen LogP contribution in [-0.2, 0) is 11.3 Å². The van der Waals surface area contributed by atoms with Gasteiger partial charge in [-0.3, -0.25) is 4.90 Å². The molecular weight excluding hydrogens is 298 g/mol. The van der Waals surface area contributed by atoms with E-state index in [-0.39, 0.29) is 12.1 Å². The summed E-state index contributed by atoms with van der Waals surface area (Å²) in [6.07, 6.45) is 0. The van der Waals surface area contributed by atoms with Crippen LogP contribution in [0.4, 0.5) is 4.79 Å². The van der Waals surface area contributed by atoms with Crippen molar-refractivity contribution in [2.45, 2.75) is 19.5 Å². The molecule has 7 heteroatoms. The lowest BCUT2D eigenvalue weighted by Gasteiger charge is -2.29. The average molecular weight is 318 g/mol. The lowest BCUT2D eigenvalue weighted by Crippen LogP contribution is -2.48. The van der Waals surface area contributed by atoms with Crippen LogP contribution >= 0.6 is 22.9 Å². The molecule has 1 atom stereocenters. The van der Waals surface area contributed by atoms with Gasteiger partial charge in [0.2, 0.25) is 0 Å². The molecule has 0 spiro atoms. The fourth-order valence-electron chi connectivity index (χ4n) is 2.11. The molecule has 0 unspecified atom stereocenters. The first-order valence-corrected chi connectivity index (χ1v) is 7.91. The second kappa shape index (κ2) is 7.83. The molecule has 2 amide bonds. The molecule has 1 aliphatic heterocycles. The summed E-state index contributed by atoms with van der Waals surface area (Å²) in [6.45, 7) is 6.78. The molecule has 0 aliphatic carbocycles. The monoisotopic (exact) mass is 317 g/mol. The largest absolute Gasteiger partial charge is 0.379 e. The molecule has 0 radical (unpaired) electrons. The minimum absolute atomic E-state index is 0.111. The maximum absolute atomic E-state index is 11.8. The number of nitrogens with zero attached hydrogens (tertiary/aromatic N) is 1. The number of carbonyl (C=O) groups excluding carboxylic acids is 1. The summed E-state index contributed by atoms with van der Waals surface area (Å²) in [7, 11) is 0. The highest BCUT2D eigenvalue weighted by atomic mass is 35.5. The number of hydrogen-bond donors (Lipinski definition) is 2. The van der Waals surface area contributed by atoms with E-state index in [4.69, 9.17) is 16.3 Å². The Labute approximate surface area is 128 Å². The Bertz CT molecular complexity index is 435. The van der Waals surface area contributed by atoms with Crippen LogP contribution in [0.5, 0.6) is 0 Å². The van der Waals surface area contributed by atoms with Gasteiger partial charge < -0.3 is 15.4 Å². The van der Waals surface area contributed by atoms with E-state index in [0.29, 0.717) is 6.54 Å². The molecule has 1 saturated heterocycles. The van der Waals surface area contributed by atoms with Crippen LogP contribution in [0.1, 0.15) is 11.8 Å². The molecule has 0 bridgehead atoms. The summed E-state index contributed by atoms with van der Waals surface area (Å²) < 4.78 is 6.04. The standard InChI is InChI=1S/C13H20ClN3O2S/c1-10(9-17-4-6-19-7-5-17)16-13(18)15-8-11-2-3-12(14)20-11/h2-3,10H,4-9H2,1H3,(H2,15,16,18)/t10-/m1/s1. The molecule has 5 nitrogen and oxygen atoms in total. The van der Waals surface area contributed by atoms with Crippen LogP contribution in [0, 0.1) is 0 Å². The van der Waals surface area contributed by atoms with Gasteiger partial charge in [-0.15, -0.1) is 11.3 Å². The maximum Gasteiger partial charge on any atom is 0.315 e. The summed E-state index contributed by atoms with van der Waals surface area (Å²) in [4.78, 5) is 15.1. The fraction of sp³-hybridized carbons (Fsp3) is 0.615. The molecule has 1 aromatic rings. The Morgan fingerprint density at radius 1 is 1.50 bits per heavy atom. The van der Waals surface area contributed by atoms with Gasteiger partial charge >= 0.3 is 6.03 Å². The second-order valence-corrected chi connectivity index (χ2v) is 6.65. The average Bonchev–Trinajstić information content (AvgIpc) is 2.83. The molecule has 1 aromatic heterocycles. The quantitative estimate of drug-likeness (QED) is 0.872. The Morgan fingerprint density at radius 2 is 2.25 bits per heavy atom. The molecule has 2 N–H and O–H groups in total. The number of nitrogens with one attached hydrogen (secondary N) is 2. The third-order valence-electron chi connectivity index (χ3n) is 3.07. The normalized spacial score (nSPS) is 17.7. The third kappa shape index (κ3) is 5.28. The molecule has 1 aliphatic rings. The number of carbonyl (C=O) groups is 1. The zero-order valence-corrected chi connectivity index (χ0v) is 13.1. The summed E-state index contributed by atoms with van der Waals surface area (Å²) in [5, 5.41) is 5.78. The van der Waals surface area contributed by atoms with E-state index in [1.165, 1.54) is 11.3 Å². The number of thiophene rings is 1. The summed E-state index contributed by atoms with van der Waals surface area (Å²) in [5.74, 6) is 0. The predicted molar refractivity (Wildman–Crippen MR) is 81.4 cm³/mol. The second-order valence-electron chi connectivity index (χ2n) is 4.85. The van der Waals surface area contributed by atoms with Crippen molar-refractivity contribution >= 4 is 29.0 Å². The van der Waals surface area contributed by atoms with E-state index < -0.39 is 0 Å². The molecule has 20 heavy (non-hydrogen) atoms. The fourth-order valence-corrected chi connectivity index (χ4v) is 3.13. The number of rotatable bonds is 5. The van der Waals surface area contributed by atoms with Gasteiger partial charge in [0.1, 0.15) is 0 Å². The molecule has 2 rings (SSSR count). The predicted octanol–water partition coefficient (Wildman–Crippen LogP) is 1.92. The summed E-state index contributed by atoms with van der Waals surface area (Å²) in [6, 6.07) is 3.72. The minimum Gasteiger partial charge on any atom is -0.379 e. The van der Waals surface area contributed by atoms with Crippen molar-refractivity contribution in [3.63, 3.8) is 0 Å². The molecular formula is C13H20ClN3O2S. The lowest BCUT2D eigenvalue weighted by atomic mass is 10.3. The molecule has 0 aromatic carbocycles. The molecule has 1 fully saturated rings. The Kier molecular flexibility index (Phi) is 6.09. The maximum atomic E-state index is 11.8. The summed E-state index contributed by atoms with van der Waals surface area (Å²) >= 11 is 7.32. The minimum atomic E-state index is -0.143. The van der Waals surface area contributed by atoms with Gasteiger partial charge in [0, 0.05) is 30.6 Å². The van der Waals surface area contributed by atoms with Crippen LogP contribution in [0.15, 0.2) is 12.1 Å². The van der Waals surface area contributed by atoms with Crippen molar-refractivity contribution < 1.29 is 9.53 Å². The smallest absolute Gasteiger partial charge is 0.315 e.